The van der Waals surface area contributed by atoms with Gasteiger partial charge >= 0.3 is 0 Å². The third kappa shape index (κ3) is 1.23. The molecule has 11 heavy (non-hydrogen) atoms. The van der Waals surface area contributed by atoms with E-state index in [-0.39, 0.29) is 0 Å². The first-order valence-electron chi connectivity index (χ1n) is 3.55. The molecule has 4 heteroatoms. The molecule has 0 saturated heterocycles. The van der Waals surface area contributed by atoms with Crippen LogP contribution in [0.15, 0.2) is 9.98 Å². The highest BCUT2D eigenvalue weighted by molar-refractivity contribution is 9.10. The second kappa shape index (κ2) is 2.54. The van der Waals surface area contributed by atoms with Gasteiger partial charge in [-0.25, -0.2) is 4.98 Å². The summed E-state index contributed by atoms with van der Waals surface area (Å²) in [6.45, 7) is 0. The number of nitrogens with zero attached hydrogens (tertiary/aromatic N) is 1. The van der Waals surface area contributed by atoms with E-state index >= 15 is 0 Å². The van der Waals surface area contributed by atoms with Gasteiger partial charge in [0.25, 0.3) is 0 Å². The summed E-state index contributed by atoms with van der Waals surface area (Å²) in [4.78, 5) is 4.19. The molecule has 0 amide bonds. The van der Waals surface area contributed by atoms with Crippen LogP contribution in [0, 0.1) is 0 Å². The number of aliphatic hydroxyl groups is 1. The largest absolute Gasteiger partial charge is 0.383 e. The van der Waals surface area contributed by atoms with E-state index in [1.54, 1.807) is 0 Å². The fourth-order valence-electron chi connectivity index (χ4n) is 1.19. The van der Waals surface area contributed by atoms with Gasteiger partial charge in [-0.1, -0.05) is 0 Å². The lowest BCUT2D eigenvalue weighted by Crippen LogP contribution is -2.33. The van der Waals surface area contributed by atoms with Crippen LogP contribution in [-0.2, 0) is 5.60 Å². The molecule has 1 heterocycles. The average Bonchev–Trinajstić information content (AvgIpc) is 2.31. The van der Waals surface area contributed by atoms with Gasteiger partial charge in [0.2, 0.25) is 0 Å². The summed E-state index contributed by atoms with van der Waals surface area (Å²) in [5.74, 6) is 0. The molecule has 1 N–H and O–H groups in total. The maximum atomic E-state index is 9.82. The molecular weight excluding hydrogens is 226 g/mol. The highest BCUT2D eigenvalue weighted by Crippen LogP contribution is 2.42. The highest BCUT2D eigenvalue weighted by Gasteiger charge is 2.38. The summed E-state index contributed by atoms with van der Waals surface area (Å²) in [6.07, 6.45) is 2.85. The Labute approximate surface area is 77.4 Å². The van der Waals surface area contributed by atoms with Crippen molar-refractivity contribution in [3.05, 3.63) is 15.0 Å². The molecule has 60 valence electrons. The SMILES string of the molecule is OC1(c2nc(Br)cs2)CCC1. The minimum absolute atomic E-state index is 0.587. The zero-order valence-corrected chi connectivity index (χ0v) is 8.28. The Morgan fingerprint density at radius 3 is 2.73 bits per heavy atom. The predicted molar refractivity (Wildman–Crippen MR) is 47.6 cm³/mol. The second-order valence-corrected chi connectivity index (χ2v) is 4.53. The third-order valence-electron chi connectivity index (χ3n) is 2.05. The maximum absolute atomic E-state index is 9.82. The van der Waals surface area contributed by atoms with Gasteiger partial charge in [0.15, 0.2) is 0 Å². The summed E-state index contributed by atoms with van der Waals surface area (Å²) in [5, 5.41) is 12.6. The van der Waals surface area contributed by atoms with E-state index in [1.165, 1.54) is 11.3 Å². The molecule has 2 nitrogen and oxygen atoms in total. The number of hydrogen-bond acceptors (Lipinski definition) is 3. The topological polar surface area (TPSA) is 33.1 Å². The maximum Gasteiger partial charge on any atom is 0.126 e. The fraction of sp³-hybridized carbons (Fsp3) is 0.571. The third-order valence-corrected chi connectivity index (χ3v) is 3.80. The van der Waals surface area contributed by atoms with Crippen molar-refractivity contribution in [2.45, 2.75) is 24.9 Å². The predicted octanol–water partition coefficient (Wildman–Crippen LogP) is 2.28. The van der Waals surface area contributed by atoms with Gasteiger partial charge in [0.05, 0.1) is 0 Å². The Bertz CT molecular complexity index is 269. The van der Waals surface area contributed by atoms with Crippen molar-refractivity contribution >= 4 is 27.3 Å². The molecule has 0 spiro atoms. The molecule has 1 aliphatic carbocycles. The van der Waals surface area contributed by atoms with Crippen LogP contribution in [-0.4, -0.2) is 10.1 Å². The van der Waals surface area contributed by atoms with Crippen LogP contribution in [0.3, 0.4) is 0 Å². The van der Waals surface area contributed by atoms with Gasteiger partial charge in [-0.15, -0.1) is 11.3 Å². The number of thiazole rings is 1. The molecule has 0 bridgehead atoms. The summed E-state index contributed by atoms with van der Waals surface area (Å²) in [7, 11) is 0. The van der Waals surface area contributed by atoms with Gasteiger partial charge in [-0.2, -0.15) is 0 Å². The molecule has 0 aromatic carbocycles. The minimum atomic E-state index is -0.587. The lowest BCUT2D eigenvalue weighted by atomic mass is 9.81. The first kappa shape index (κ1) is 7.71. The standard InChI is InChI=1S/C7H8BrNOS/c8-5-4-11-6(9-5)7(10)2-1-3-7/h4,10H,1-3H2. The molecule has 0 radical (unpaired) electrons. The van der Waals surface area contributed by atoms with Crippen molar-refractivity contribution in [1.82, 2.24) is 4.98 Å². The van der Waals surface area contributed by atoms with Crippen LogP contribution in [0.1, 0.15) is 24.3 Å². The Balaban J connectivity index is 2.28. The van der Waals surface area contributed by atoms with Crippen LogP contribution in [0.2, 0.25) is 0 Å². The zero-order chi connectivity index (χ0) is 7.90. The molecule has 2 rings (SSSR count). The van der Waals surface area contributed by atoms with Crippen molar-refractivity contribution in [3.63, 3.8) is 0 Å². The van der Waals surface area contributed by atoms with E-state index in [4.69, 9.17) is 0 Å². The smallest absolute Gasteiger partial charge is 0.126 e. The Kier molecular flexibility index (Phi) is 1.78. The van der Waals surface area contributed by atoms with Gasteiger partial charge < -0.3 is 5.11 Å². The summed E-state index contributed by atoms with van der Waals surface area (Å²) < 4.78 is 0.831. The average molecular weight is 234 g/mol. The van der Waals surface area contributed by atoms with E-state index in [0.717, 1.165) is 28.9 Å². The molecule has 0 aliphatic heterocycles. The van der Waals surface area contributed by atoms with Gasteiger partial charge in [0, 0.05) is 5.38 Å². The Morgan fingerprint density at radius 1 is 1.64 bits per heavy atom. The summed E-state index contributed by atoms with van der Waals surface area (Å²) in [6, 6.07) is 0. The molecular formula is C7H8BrNOS. The van der Waals surface area contributed by atoms with Crippen molar-refractivity contribution in [3.8, 4) is 0 Å². The molecule has 1 aromatic rings. The molecule has 0 atom stereocenters. The first-order chi connectivity index (χ1) is 5.21. The molecule has 1 aromatic heterocycles. The quantitative estimate of drug-likeness (QED) is 0.808. The van der Waals surface area contributed by atoms with Crippen molar-refractivity contribution in [2.75, 3.05) is 0 Å². The van der Waals surface area contributed by atoms with Crippen LogP contribution < -0.4 is 0 Å². The van der Waals surface area contributed by atoms with E-state index in [2.05, 4.69) is 20.9 Å². The van der Waals surface area contributed by atoms with Crippen LogP contribution in [0.5, 0.6) is 0 Å². The number of hydrogen-bond donors (Lipinski definition) is 1. The monoisotopic (exact) mass is 233 g/mol. The number of halogens is 1. The van der Waals surface area contributed by atoms with Crippen molar-refractivity contribution < 1.29 is 5.11 Å². The van der Waals surface area contributed by atoms with Crippen LogP contribution in [0.25, 0.3) is 0 Å². The highest BCUT2D eigenvalue weighted by atomic mass is 79.9. The first-order valence-corrected chi connectivity index (χ1v) is 5.22. The second-order valence-electron chi connectivity index (χ2n) is 2.86. The number of aromatic nitrogens is 1. The van der Waals surface area contributed by atoms with E-state index in [1.807, 2.05) is 5.38 Å². The fourth-order valence-corrected chi connectivity index (χ4v) is 2.60. The normalized spacial score (nSPS) is 21.3. The zero-order valence-electron chi connectivity index (χ0n) is 5.88. The van der Waals surface area contributed by atoms with Crippen molar-refractivity contribution in [2.24, 2.45) is 0 Å². The van der Waals surface area contributed by atoms with Gasteiger partial charge in [-0.05, 0) is 35.2 Å². The molecule has 1 fully saturated rings. The van der Waals surface area contributed by atoms with E-state index in [9.17, 15) is 5.11 Å². The Morgan fingerprint density at radius 2 is 2.36 bits per heavy atom. The molecule has 1 aliphatic rings. The Hall–Kier alpha value is 0.0700. The van der Waals surface area contributed by atoms with Gasteiger partial charge in [0.1, 0.15) is 15.2 Å². The summed E-state index contributed by atoms with van der Waals surface area (Å²) >= 11 is 4.79. The minimum Gasteiger partial charge on any atom is -0.383 e. The van der Waals surface area contributed by atoms with Gasteiger partial charge in [-0.3, -0.25) is 0 Å². The van der Waals surface area contributed by atoms with E-state index in [0.29, 0.717) is 0 Å². The van der Waals surface area contributed by atoms with Crippen LogP contribution in [0.4, 0.5) is 0 Å². The lowest BCUT2D eigenvalue weighted by molar-refractivity contribution is -0.0390. The molecule has 1 saturated carbocycles. The van der Waals surface area contributed by atoms with E-state index < -0.39 is 5.60 Å². The summed E-state index contributed by atoms with van der Waals surface area (Å²) in [5.41, 5.74) is -0.587. The lowest BCUT2D eigenvalue weighted by Gasteiger charge is -2.34. The van der Waals surface area contributed by atoms with Crippen molar-refractivity contribution in [1.29, 1.82) is 0 Å². The van der Waals surface area contributed by atoms with Crippen LogP contribution >= 0.6 is 27.3 Å². The molecule has 0 unspecified atom stereocenters. The number of rotatable bonds is 1.